The van der Waals surface area contributed by atoms with Crippen LogP contribution in [0.2, 0.25) is 0 Å². The van der Waals surface area contributed by atoms with Crippen LogP contribution >= 0.6 is 0 Å². The van der Waals surface area contributed by atoms with Gasteiger partial charge in [-0.1, -0.05) is 42.5 Å². The molecule has 0 spiro atoms. The minimum absolute atomic E-state index is 0.145. The lowest BCUT2D eigenvalue weighted by Crippen LogP contribution is -2.39. The van der Waals surface area contributed by atoms with Crippen molar-refractivity contribution < 1.29 is 26.0 Å². The Morgan fingerprint density at radius 1 is 0.900 bits per heavy atom. The van der Waals surface area contributed by atoms with E-state index in [2.05, 4.69) is 4.98 Å². The van der Waals surface area contributed by atoms with Crippen LogP contribution in [0.5, 0.6) is 0 Å². The second-order valence-corrected chi connectivity index (χ2v) is 8.64. The second kappa shape index (κ2) is 8.93. The third-order valence-electron chi connectivity index (χ3n) is 4.35. The number of hydrogen-bond donors (Lipinski definition) is 0. The predicted molar refractivity (Wildman–Crippen MR) is 105 cm³/mol. The van der Waals surface area contributed by atoms with Crippen LogP contribution in [0.25, 0.3) is 11.1 Å². The van der Waals surface area contributed by atoms with Crippen molar-refractivity contribution in [3.63, 3.8) is 0 Å². The van der Waals surface area contributed by atoms with Crippen LogP contribution in [0.4, 0.5) is 17.6 Å². The van der Waals surface area contributed by atoms with Crippen molar-refractivity contribution in [2.45, 2.75) is 18.5 Å². The number of alkyl halides is 3. The highest BCUT2D eigenvalue weighted by Gasteiger charge is 2.36. The number of hydrogen-bond acceptors (Lipinski definition) is 3. The zero-order valence-corrected chi connectivity index (χ0v) is 16.5. The Hall–Kier alpha value is -2.78. The first-order valence-corrected chi connectivity index (χ1v) is 10.5. The number of nitrogens with zero attached hydrogens (tertiary/aromatic N) is 2. The molecule has 3 aromatic rings. The number of halogens is 4. The molecule has 0 radical (unpaired) electrons. The minimum atomic E-state index is -4.77. The largest absolute Gasteiger partial charge is 0.402 e. The lowest BCUT2D eigenvalue weighted by Gasteiger charge is -2.24. The molecule has 0 aliphatic rings. The van der Waals surface area contributed by atoms with Crippen LogP contribution < -0.4 is 0 Å². The number of rotatable bonds is 7. The topological polar surface area (TPSA) is 50.3 Å². The Kier molecular flexibility index (Phi) is 6.52. The van der Waals surface area contributed by atoms with E-state index in [0.717, 1.165) is 0 Å². The van der Waals surface area contributed by atoms with Gasteiger partial charge in [-0.2, -0.15) is 17.5 Å². The van der Waals surface area contributed by atoms with Crippen LogP contribution in [0.15, 0.2) is 73.1 Å². The highest BCUT2D eigenvalue weighted by atomic mass is 32.2. The monoisotopic (exact) mass is 438 g/mol. The van der Waals surface area contributed by atoms with E-state index < -0.39 is 40.9 Å². The van der Waals surface area contributed by atoms with Gasteiger partial charge in [0.25, 0.3) is 0 Å². The molecule has 30 heavy (non-hydrogen) atoms. The van der Waals surface area contributed by atoms with Crippen LogP contribution in [-0.2, 0) is 22.3 Å². The Labute approximate surface area is 171 Å². The number of benzene rings is 2. The first kappa shape index (κ1) is 21.9. The lowest BCUT2D eigenvalue weighted by molar-refractivity contribution is -0.137. The summed E-state index contributed by atoms with van der Waals surface area (Å²) in [4.78, 5) is 3.87. The van der Waals surface area contributed by atoms with Crippen molar-refractivity contribution in [3.05, 3.63) is 90.0 Å². The number of aromatic nitrogens is 1. The molecule has 1 aromatic heterocycles. The highest BCUT2D eigenvalue weighted by Crippen LogP contribution is 2.26. The Morgan fingerprint density at radius 3 is 2.17 bits per heavy atom. The summed E-state index contributed by atoms with van der Waals surface area (Å²) in [5.74, 6) is -1.40. The fourth-order valence-electron chi connectivity index (χ4n) is 2.92. The summed E-state index contributed by atoms with van der Waals surface area (Å²) in [6, 6.07) is 15.2. The average molecular weight is 438 g/mol. The molecule has 0 amide bonds. The van der Waals surface area contributed by atoms with E-state index in [1.807, 2.05) is 0 Å². The first-order valence-electron chi connectivity index (χ1n) is 8.91. The van der Waals surface area contributed by atoms with Gasteiger partial charge in [-0.3, -0.25) is 4.98 Å². The fraction of sp³-hybridized carbons (Fsp3) is 0.190. The normalized spacial score (nSPS) is 12.3. The SMILES string of the molecule is O=S(=O)(Cc1ccccc1)N(Cc1ccc(-c2ccncc2)cc1F)CC(F)(F)F. The van der Waals surface area contributed by atoms with Crippen molar-refractivity contribution in [3.8, 4) is 11.1 Å². The standard InChI is InChI=1S/C21H18F4N2O2S/c22-20-12-18(17-8-10-26-11-9-17)6-7-19(20)13-27(15-21(23,24)25)30(28,29)14-16-4-2-1-3-5-16/h1-12H,13-15H2. The minimum Gasteiger partial charge on any atom is -0.265 e. The van der Waals surface area contributed by atoms with E-state index >= 15 is 0 Å². The molecule has 1 heterocycles. The molecule has 0 bridgehead atoms. The van der Waals surface area contributed by atoms with E-state index in [1.165, 1.54) is 42.7 Å². The molecular weight excluding hydrogens is 420 g/mol. The molecule has 0 saturated heterocycles. The first-order chi connectivity index (χ1) is 14.1. The van der Waals surface area contributed by atoms with Crippen LogP contribution in [-0.4, -0.2) is 30.4 Å². The molecule has 3 rings (SSSR count). The fourth-order valence-corrected chi connectivity index (χ4v) is 4.39. The molecule has 0 fully saturated rings. The summed E-state index contributed by atoms with van der Waals surface area (Å²) in [6.07, 6.45) is -1.71. The lowest BCUT2D eigenvalue weighted by atomic mass is 10.0. The van der Waals surface area contributed by atoms with Gasteiger partial charge in [0.2, 0.25) is 10.0 Å². The highest BCUT2D eigenvalue weighted by molar-refractivity contribution is 7.88. The van der Waals surface area contributed by atoms with Crippen LogP contribution in [0.3, 0.4) is 0 Å². The van der Waals surface area contributed by atoms with Gasteiger partial charge in [-0.15, -0.1) is 0 Å². The van der Waals surface area contributed by atoms with Gasteiger partial charge in [0, 0.05) is 24.5 Å². The number of pyridine rings is 1. The molecule has 0 aliphatic carbocycles. The van der Waals surface area contributed by atoms with Crippen LogP contribution in [0, 0.1) is 5.82 Å². The third kappa shape index (κ3) is 5.87. The van der Waals surface area contributed by atoms with Crippen molar-refractivity contribution in [2.75, 3.05) is 6.54 Å². The van der Waals surface area contributed by atoms with Crippen molar-refractivity contribution in [1.29, 1.82) is 0 Å². The zero-order valence-electron chi connectivity index (χ0n) is 15.7. The summed E-state index contributed by atoms with van der Waals surface area (Å²) in [5, 5.41) is 0. The maximum Gasteiger partial charge on any atom is 0.402 e. The Bertz CT molecular complexity index is 1090. The third-order valence-corrected chi connectivity index (χ3v) is 6.10. The molecule has 4 nitrogen and oxygen atoms in total. The van der Waals surface area contributed by atoms with Gasteiger partial charge in [0.1, 0.15) is 12.4 Å². The molecule has 0 saturated carbocycles. The molecule has 9 heteroatoms. The quantitative estimate of drug-likeness (QED) is 0.499. The summed E-state index contributed by atoms with van der Waals surface area (Å²) in [6.45, 7) is -2.43. The predicted octanol–water partition coefficient (Wildman–Crippen LogP) is 4.78. The van der Waals surface area contributed by atoms with Crippen molar-refractivity contribution >= 4 is 10.0 Å². The van der Waals surface area contributed by atoms with Gasteiger partial charge in [-0.05, 0) is 34.9 Å². The molecular formula is C21H18F4N2O2S. The summed E-state index contributed by atoms with van der Waals surface area (Å²) >= 11 is 0. The van der Waals surface area contributed by atoms with Crippen LogP contribution in [0.1, 0.15) is 11.1 Å². The van der Waals surface area contributed by atoms with E-state index in [1.54, 1.807) is 30.3 Å². The van der Waals surface area contributed by atoms with Crippen molar-refractivity contribution in [2.24, 2.45) is 0 Å². The zero-order chi connectivity index (χ0) is 21.8. The maximum absolute atomic E-state index is 14.6. The smallest absolute Gasteiger partial charge is 0.265 e. The molecule has 158 valence electrons. The Balaban J connectivity index is 1.88. The van der Waals surface area contributed by atoms with Crippen molar-refractivity contribution in [1.82, 2.24) is 9.29 Å². The van der Waals surface area contributed by atoms with E-state index in [9.17, 15) is 26.0 Å². The summed E-state index contributed by atoms with van der Waals surface area (Å²) in [7, 11) is -4.35. The Morgan fingerprint density at radius 2 is 1.57 bits per heavy atom. The van der Waals surface area contributed by atoms with Gasteiger partial charge in [-0.25, -0.2) is 12.8 Å². The summed E-state index contributed by atoms with van der Waals surface area (Å²) in [5.41, 5.74) is 1.39. The molecule has 0 aliphatic heterocycles. The molecule has 2 aromatic carbocycles. The maximum atomic E-state index is 14.6. The van der Waals surface area contributed by atoms with E-state index in [0.29, 0.717) is 16.7 Å². The number of sulfonamides is 1. The van der Waals surface area contributed by atoms with Gasteiger partial charge in [0.05, 0.1) is 5.75 Å². The molecule has 0 atom stereocenters. The van der Waals surface area contributed by atoms with Gasteiger partial charge >= 0.3 is 6.18 Å². The van der Waals surface area contributed by atoms with E-state index in [4.69, 9.17) is 0 Å². The molecule has 0 N–H and O–H groups in total. The summed E-state index contributed by atoms with van der Waals surface area (Å²) < 4.78 is 79.4. The van der Waals surface area contributed by atoms with Gasteiger partial charge in [0.15, 0.2) is 0 Å². The molecule has 0 unspecified atom stereocenters. The van der Waals surface area contributed by atoms with E-state index in [-0.39, 0.29) is 9.87 Å². The van der Waals surface area contributed by atoms with Gasteiger partial charge < -0.3 is 0 Å². The second-order valence-electron chi connectivity index (χ2n) is 6.67. The average Bonchev–Trinajstić information content (AvgIpc) is 2.69.